The van der Waals surface area contributed by atoms with Gasteiger partial charge in [0.05, 0.1) is 17.0 Å². The molecular weight excluding hydrogens is 406 g/mol. The molecule has 2 aliphatic rings. The van der Waals surface area contributed by atoms with Crippen molar-refractivity contribution in [3.63, 3.8) is 0 Å². The van der Waals surface area contributed by atoms with Crippen molar-refractivity contribution in [2.24, 2.45) is 11.3 Å². The number of halogens is 1. The normalized spacial score (nSPS) is 27.4. The first-order valence-corrected chi connectivity index (χ1v) is 10.8. The van der Waals surface area contributed by atoms with E-state index in [1.54, 1.807) is 24.3 Å². The second-order valence-electron chi connectivity index (χ2n) is 8.43. The molecule has 0 saturated carbocycles. The Kier molecular flexibility index (Phi) is 4.79. The smallest absolute Gasteiger partial charge is 0.241 e. The zero-order valence-electron chi connectivity index (χ0n) is 17.1. The molecule has 1 fully saturated rings. The summed E-state index contributed by atoms with van der Waals surface area (Å²) in [7, 11) is 0. The second kappa shape index (κ2) is 7.51. The van der Waals surface area contributed by atoms with Crippen LogP contribution >= 0.6 is 11.6 Å². The summed E-state index contributed by atoms with van der Waals surface area (Å²) in [6, 6.07) is 26.9. The van der Waals surface area contributed by atoms with Gasteiger partial charge in [-0.3, -0.25) is 9.59 Å². The molecule has 1 aliphatic heterocycles. The molecule has 0 N–H and O–H groups in total. The Balaban J connectivity index is 1.69. The van der Waals surface area contributed by atoms with E-state index in [2.05, 4.69) is 12.2 Å². The van der Waals surface area contributed by atoms with Crippen molar-refractivity contribution in [2.75, 3.05) is 4.90 Å². The molecule has 4 atom stereocenters. The summed E-state index contributed by atoms with van der Waals surface area (Å²) in [6.45, 7) is 1.94. The van der Waals surface area contributed by atoms with Gasteiger partial charge in [0, 0.05) is 16.9 Å². The minimum absolute atomic E-state index is 0.172. The summed E-state index contributed by atoms with van der Waals surface area (Å²) in [5.74, 6) is -1.22. The van der Waals surface area contributed by atoms with Crippen LogP contribution in [-0.2, 0) is 9.59 Å². The zero-order chi connectivity index (χ0) is 21.6. The van der Waals surface area contributed by atoms with Gasteiger partial charge < -0.3 is 0 Å². The number of imide groups is 1. The number of fused-ring (bicyclic) bond motifs is 1. The lowest BCUT2D eigenvalue weighted by Gasteiger charge is -2.41. The highest BCUT2D eigenvalue weighted by atomic mass is 35.5. The molecule has 3 aromatic rings. The van der Waals surface area contributed by atoms with E-state index in [4.69, 9.17) is 11.6 Å². The van der Waals surface area contributed by atoms with E-state index in [-0.39, 0.29) is 23.7 Å². The van der Waals surface area contributed by atoms with Gasteiger partial charge in [-0.25, -0.2) is 4.90 Å². The van der Waals surface area contributed by atoms with Gasteiger partial charge in [0.25, 0.3) is 0 Å². The van der Waals surface area contributed by atoms with Crippen LogP contribution in [0.5, 0.6) is 0 Å². The van der Waals surface area contributed by atoms with Gasteiger partial charge in [-0.05, 0) is 36.2 Å². The van der Waals surface area contributed by atoms with Crippen LogP contribution in [0.2, 0.25) is 5.02 Å². The van der Waals surface area contributed by atoms with Gasteiger partial charge in [0.1, 0.15) is 0 Å². The van der Waals surface area contributed by atoms with Crippen LogP contribution < -0.4 is 4.90 Å². The lowest BCUT2D eigenvalue weighted by atomic mass is 9.58. The Bertz CT molecular complexity index is 1170. The average molecular weight is 428 g/mol. The molecule has 1 heterocycles. The number of amides is 2. The monoisotopic (exact) mass is 427 g/mol. The van der Waals surface area contributed by atoms with Crippen LogP contribution in [0.4, 0.5) is 5.69 Å². The predicted molar refractivity (Wildman–Crippen MR) is 123 cm³/mol. The van der Waals surface area contributed by atoms with Gasteiger partial charge in [0.15, 0.2) is 0 Å². The van der Waals surface area contributed by atoms with Crippen LogP contribution in [-0.4, -0.2) is 11.8 Å². The Morgan fingerprint density at radius 1 is 0.806 bits per heavy atom. The maximum Gasteiger partial charge on any atom is 0.241 e. The number of carbonyl (C=O) groups is 2. The van der Waals surface area contributed by atoms with E-state index in [1.807, 2.05) is 67.6 Å². The molecule has 1 aliphatic carbocycles. The summed E-state index contributed by atoms with van der Waals surface area (Å²) in [4.78, 5) is 29.2. The van der Waals surface area contributed by atoms with Gasteiger partial charge in [0.2, 0.25) is 11.8 Å². The van der Waals surface area contributed by atoms with Crippen molar-refractivity contribution < 1.29 is 9.59 Å². The topological polar surface area (TPSA) is 37.4 Å². The van der Waals surface area contributed by atoms with E-state index in [1.165, 1.54) is 4.90 Å². The lowest BCUT2D eigenvalue weighted by Crippen LogP contribution is -2.42. The number of hydrogen-bond acceptors (Lipinski definition) is 2. The SMILES string of the molecule is C[C@]12C(=O)N(c3cccc(Cl)c3)C(=O)[C@@H]1[C@H](c1ccccc1)C=C[C@@H]2c1ccccc1. The van der Waals surface area contributed by atoms with E-state index < -0.39 is 11.3 Å². The van der Waals surface area contributed by atoms with Gasteiger partial charge >= 0.3 is 0 Å². The molecule has 5 rings (SSSR count). The molecule has 0 aromatic heterocycles. The summed E-state index contributed by atoms with van der Waals surface area (Å²) in [5.41, 5.74) is 1.69. The van der Waals surface area contributed by atoms with Crippen LogP contribution in [0, 0.1) is 11.3 Å². The van der Waals surface area contributed by atoms with Crippen molar-refractivity contribution in [3.8, 4) is 0 Å². The highest BCUT2D eigenvalue weighted by molar-refractivity contribution is 6.31. The Labute approximate surface area is 187 Å². The van der Waals surface area contributed by atoms with Crippen LogP contribution in [0.1, 0.15) is 29.9 Å². The van der Waals surface area contributed by atoms with Crippen LogP contribution in [0.3, 0.4) is 0 Å². The number of anilines is 1. The first-order chi connectivity index (χ1) is 15.0. The van der Waals surface area contributed by atoms with E-state index in [9.17, 15) is 9.59 Å². The molecule has 0 unspecified atom stereocenters. The molecule has 3 aromatic carbocycles. The minimum atomic E-state index is -0.907. The highest BCUT2D eigenvalue weighted by Crippen LogP contribution is 2.57. The molecular formula is C27H22ClNO2. The van der Waals surface area contributed by atoms with Crippen LogP contribution in [0.15, 0.2) is 97.1 Å². The molecule has 1 saturated heterocycles. The average Bonchev–Trinajstić information content (AvgIpc) is 3.00. The largest absolute Gasteiger partial charge is 0.274 e. The van der Waals surface area contributed by atoms with Crippen molar-refractivity contribution in [1.29, 1.82) is 0 Å². The number of carbonyl (C=O) groups excluding carboxylic acids is 2. The number of rotatable bonds is 3. The molecule has 4 heteroatoms. The van der Waals surface area contributed by atoms with E-state index >= 15 is 0 Å². The van der Waals surface area contributed by atoms with Crippen LogP contribution in [0.25, 0.3) is 0 Å². The van der Waals surface area contributed by atoms with Crippen molar-refractivity contribution in [3.05, 3.63) is 113 Å². The maximum atomic E-state index is 14.0. The van der Waals surface area contributed by atoms with Gasteiger partial charge in [-0.15, -0.1) is 0 Å². The summed E-state index contributed by atoms with van der Waals surface area (Å²) < 4.78 is 0. The highest BCUT2D eigenvalue weighted by Gasteiger charge is 2.63. The van der Waals surface area contributed by atoms with E-state index in [0.29, 0.717) is 10.7 Å². The third kappa shape index (κ3) is 3.03. The van der Waals surface area contributed by atoms with Gasteiger partial charge in [-0.1, -0.05) is 90.5 Å². The van der Waals surface area contributed by atoms with Crippen molar-refractivity contribution in [1.82, 2.24) is 0 Å². The molecule has 3 nitrogen and oxygen atoms in total. The van der Waals surface area contributed by atoms with Crippen molar-refractivity contribution in [2.45, 2.75) is 18.8 Å². The molecule has 0 bridgehead atoms. The predicted octanol–water partition coefficient (Wildman–Crippen LogP) is 5.97. The maximum absolute atomic E-state index is 14.0. The quantitative estimate of drug-likeness (QED) is 0.381. The zero-order valence-corrected chi connectivity index (χ0v) is 17.9. The Morgan fingerprint density at radius 2 is 1.45 bits per heavy atom. The minimum Gasteiger partial charge on any atom is -0.274 e. The standard InChI is InChI=1S/C27H22ClNO2/c1-27-23(19-11-6-3-7-12-19)16-15-22(18-9-4-2-5-10-18)24(27)25(30)29(26(27)31)21-14-8-13-20(28)17-21/h2-17,22-24H,1H3/t22-,23+,24-,27+/m0/s1. The lowest BCUT2D eigenvalue weighted by molar-refractivity contribution is -0.127. The molecule has 0 radical (unpaired) electrons. The summed E-state index contributed by atoms with van der Waals surface area (Å²) in [6.07, 6.45) is 4.21. The first-order valence-electron chi connectivity index (χ1n) is 10.4. The second-order valence-corrected chi connectivity index (χ2v) is 8.87. The number of benzene rings is 3. The summed E-state index contributed by atoms with van der Waals surface area (Å²) in [5, 5.41) is 0.496. The van der Waals surface area contributed by atoms with Crippen molar-refractivity contribution >= 4 is 29.1 Å². The van der Waals surface area contributed by atoms with E-state index in [0.717, 1.165) is 11.1 Å². The fourth-order valence-corrected chi connectivity index (χ4v) is 5.41. The van der Waals surface area contributed by atoms with Gasteiger partial charge in [-0.2, -0.15) is 0 Å². The number of allylic oxidation sites excluding steroid dienone is 2. The fraction of sp³-hybridized carbons (Fsp3) is 0.185. The molecule has 0 spiro atoms. The molecule has 2 amide bonds. The molecule has 154 valence electrons. The third-order valence-corrected chi connectivity index (χ3v) is 6.96. The summed E-state index contributed by atoms with van der Waals surface area (Å²) >= 11 is 6.19. The third-order valence-electron chi connectivity index (χ3n) is 6.72. The molecule has 31 heavy (non-hydrogen) atoms. The Hall–Kier alpha value is -3.17. The first kappa shape index (κ1) is 19.8. The number of nitrogens with zero attached hydrogens (tertiary/aromatic N) is 1. The number of hydrogen-bond donors (Lipinski definition) is 0. The fourth-order valence-electron chi connectivity index (χ4n) is 5.22. The Morgan fingerprint density at radius 3 is 2.10 bits per heavy atom.